The number of aromatic carboxylic acids is 1. The van der Waals surface area contributed by atoms with Crippen LogP contribution in [0.25, 0.3) is 0 Å². The Balaban J connectivity index is 1.22. The van der Waals surface area contributed by atoms with Crippen molar-refractivity contribution in [2.24, 2.45) is 17.8 Å². The van der Waals surface area contributed by atoms with Gasteiger partial charge < -0.3 is 14.9 Å². The van der Waals surface area contributed by atoms with Crippen molar-refractivity contribution in [2.75, 3.05) is 6.61 Å². The molecule has 1 heterocycles. The van der Waals surface area contributed by atoms with Crippen LogP contribution in [0.1, 0.15) is 83.9 Å². The number of thiazole rings is 1. The standard InChI is InChI=1S/C25H31NO4S/c1-2-14-5-7-18(11-20(14)15-3-4-15)30-12-21-19-8-6-16(9-17(19)10-23(21)27)24-26-22(13-31-24)25(28)29/h5,7,11,13,15-17,19,21,23,27H,2-4,6,8-10,12H2,1H3,(H,28,29)/t16-,17-,19-,21+,23-/m0/s1. The third kappa shape index (κ3) is 4.24. The maximum Gasteiger partial charge on any atom is 0.355 e. The predicted octanol–water partition coefficient (Wildman–Crippen LogP) is 5.24. The third-order valence-corrected chi connectivity index (χ3v) is 8.69. The second kappa shape index (κ2) is 8.55. The van der Waals surface area contributed by atoms with Crippen molar-refractivity contribution in [3.05, 3.63) is 45.4 Å². The number of carbonyl (C=O) groups is 1. The molecule has 31 heavy (non-hydrogen) atoms. The van der Waals surface area contributed by atoms with Crippen LogP contribution in [0, 0.1) is 17.8 Å². The molecule has 1 aromatic heterocycles. The molecule has 166 valence electrons. The van der Waals surface area contributed by atoms with Gasteiger partial charge in [0, 0.05) is 17.2 Å². The highest BCUT2D eigenvalue weighted by molar-refractivity contribution is 7.09. The number of carboxylic acid groups (broad SMARTS) is 1. The molecule has 3 saturated carbocycles. The molecule has 3 fully saturated rings. The Kier molecular flexibility index (Phi) is 5.78. The Hall–Kier alpha value is -1.92. The smallest absolute Gasteiger partial charge is 0.355 e. The second-order valence-corrected chi connectivity index (χ2v) is 10.5. The number of benzene rings is 1. The van der Waals surface area contributed by atoms with Crippen molar-refractivity contribution in [2.45, 2.75) is 69.8 Å². The molecule has 0 saturated heterocycles. The van der Waals surface area contributed by atoms with E-state index in [1.54, 1.807) is 5.38 Å². The molecule has 0 aliphatic heterocycles. The second-order valence-electron chi connectivity index (χ2n) is 9.58. The molecule has 2 N–H and O–H groups in total. The van der Waals surface area contributed by atoms with E-state index in [9.17, 15) is 9.90 Å². The van der Waals surface area contributed by atoms with E-state index in [2.05, 4.69) is 30.1 Å². The molecule has 3 aliphatic carbocycles. The number of nitrogens with zero attached hydrogens (tertiary/aromatic N) is 1. The van der Waals surface area contributed by atoms with E-state index >= 15 is 0 Å². The summed E-state index contributed by atoms with van der Waals surface area (Å²) in [5.41, 5.74) is 3.04. The van der Waals surface area contributed by atoms with Crippen LogP contribution in [0.4, 0.5) is 0 Å². The van der Waals surface area contributed by atoms with E-state index in [0.29, 0.717) is 30.3 Å². The van der Waals surface area contributed by atoms with Crippen LogP contribution < -0.4 is 4.74 Å². The Morgan fingerprint density at radius 1 is 1.19 bits per heavy atom. The van der Waals surface area contributed by atoms with Gasteiger partial charge in [0.15, 0.2) is 5.69 Å². The average molecular weight is 442 g/mol. The zero-order chi connectivity index (χ0) is 21.5. The summed E-state index contributed by atoms with van der Waals surface area (Å²) in [7, 11) is 0. The first-order chi connectivity index (χ1) is 15.0. The minimum Gasteiger partial charge on any atom is -0.493 e. The highest BCUT2D eigenvalue weighted by atomic mass is 32.1. The van der Waals surface area contributed by atoms with Gasteiger partial charge in [-0.3, -0.25) is 0 Å². The summed E-state index contributed by atoms with van der Waals surface area (Å²) in [5, 5.41) is 22.5. The zero-order valence-corrected chi connectivity index (χ0v) is 18.8. The molecular weight excluding hydrogens is 410 g/mol. The number of ether oxygens (including phenoxy) is 1. The Morgan fingerprint density at radius 3 is 2.71 bits per heavy atom. The number of hydrogen-bond acceptors (Lipinski definition) is 5. The Labute approximate surface area is 187 Å². The normalized spacial score (nSPS) is 30.2. The molecule has 3 aliphatic rings. The fourth-order valence-electron chi connectivity index (χ4n) is 5.88. The lowest BCUT2D eigenvalue weighted by Gasteiger charge is -2.33. The molecule has 0 spiro atoms. The maximum atomic E-state index is 11.1. The topological polar surface area (TPSA) is 79.7 Å². The van der Waals surface area contributed by atoms with Gasteiger partial charge in [0.25, 0.3) is 0 Å². The zero-order valence-electron chi connectivity index (χ0n) is 18.0. The molecule has 0 unspecified atom stereocenters. The molecule has 6 heteroatoms. The number of aliphatic hydroxyl groups excluding tert-OH is 1. The molecule has 5 atom stereocenters. The number of fused-ring (bicyclic) bond motifs is 1. The van der Waals surface area contributed by atoms with Crippen LogP contribution in [0.5, 0.6) is 5.75 Å². The van der Waals surface area contributed by atoms with E-state index in [1.807, 2.05) is 0 Å². The molecule has 5 nitrogen and oxygen atoms in total. The summed E-state index contributed by atoms with van der Waals surface area (Å²) in [6.07, 6.45) is 7.17. The minimum absolute atomic E-state index is 0.152. The Bertz CT molecular complexity index is 953. The summed E-state index contributed by atoms with van der Waals surface area (Å²) >= 11 is 1.46. The summed E-state index contributed by atoms with van der Waals surface area (Å²) < 4.78 is 6.23. The van der Waals surface area contributed by atoms with Crippen LogP contribution >= 0.6 is 11.3 Å². The van der Waals surface area contributed by atoms with Gasteiger partial charge in [0.05, 0.1) is 17.7 Å². The number of hydrogen-bond donors (Lipinski definition) is 2. The lowest BCUT2D eigenvalue weighted by Crippen LogP contribution is -2.29. The van der Waals surface area contributed by atoms with Crippen LogP contribution in [-0.2, 0) is 6.42 Å². The van der Waals surface area contributed by atoms with Gasteiger partial charge in [-0.1, -0.05) is 13.0 Å². The van der Waals surface area contributed by atoms with E-state index in [4.69, 9.17) is 9.84 Å². The van der Waals surface area contributed by atoms with Crippen molar-refractivity contribution in [1.29, 1.82) is 0 Å². The predicted molar refractivity (Wildman–Crippen MR) is 120 cm³/mol. The summed E-state index contributed by atoms with van der Waals surface area (Å²) in [5.74, 6) is 2.12. The van der Waals surface area contributed by atoms with Crippen LogP contribution in [0.2, 0.25) is 0 Å². The number of rotatable bonds is 7. The van der Waals surface area contributed by atoms with Crippen molar-refractivity contribution in [3.63, 3.8) is 0 Å². The highest BCUT2D eigenvalue weighted by Gasteiger charge is 2.46. The Morgan fingerprint density at radius 2 is 2.00 bits per heavy atom. The molecule has 0 bridgehead atoms. The lowest BCUT2D eigenvalue weighted by molar-refractivity contribution is 0.0689. The summed E-state index contributed by atoms with van der Waals surface area (Å²) in [6, 6.07) is 6.53. The average Bonchev–Trinajstić information content (AvgIpc) is 3.40. The van der Waals surface area contributed by atoms with E-state index in [1.165, 1.54) is 35.3 Å². The fourth-order valence-corrected chi connectivity index (χ4v) is 6.82. The first-order valence-corrected chi connectivity index (χ1v) is 12.5. The molecule has 2 aromatic rings. The van der Waals surface area contributed by atoms with Gasteiger partial charge in [-0.25, -0.2) is 9.78 Å². The molecule has 1 aromatic carbocycles. The number of aromatic nitrogens is 1. The first kappa shape index (κ1) is 21.0. The molecule has 5 rings (SSSR count). The number of carboxylic acids is 1. The van der Waals surface area contributed by atoms with Gasteiger partial charge in [0.2, 0.25) is 0 Å². The van der Waals surface area contributed by atoms with Crippen molar-refractivity contribution >= 4 is 17.3 Å². The van der Waals surface area contributed by atoms with E-state index < -0.39 is 5.97 Å². The van der Waals surface area contributed by atoms with Crippen LogP contribution in [0.3, 0.4) is 0 Å². The van der Waals surface area contributed by atoms with Crippen molar-refractivity contribution in [1.82, 2.24) is 4.98 Å². The molecule has 0 radical (unpaired) electrons. The largest absolute Gasteiger partial charge is 0.493 e. The number of aryl methyl sites for hydroxylation is 1. The van der Waals surface area contributed by atoms with Gasteiger partial charge in [-0.2, -0.15) is 0 Å². The van der Waals surface area contributed by atoms with Crippen molar-refractivity contribution < 1.29 is 19.7 Å². The first-order valence-electron chi connectivity index (χ1n) is 11.7. The lowest BCUT2D eigenvalue weighted by atomic mass is 9.73. The number of aliphatic hydroxyl groups is 1. The SMILES string of the molecule is CCc1ccc(OC[C@@H]2[C@H]3CC[C@H](c4nc(C(=O)O)cs4)C[C@H]3C[C@@H]2O)cc1C1CC1. The quantitative estimate of drug-likeness (QED) is 0.614. The maximum absolute atomic E-state index is 11.1. The van der Waals surface area contributed by atoms with Crippen molar-refractivity contribution in [3.8, 4) is 5.75 Å². The highest BCUT2D eigenvalue weighted by Crippen LogP contribution is 2.51. The molecule has 0 amide bonds. The van der Waals surface area contributed by atoms with Crippen LogP contribution in [0.15, 0.2) is 23.6 Å². The van der Waals surface area contributed by atoms with Gasteiger partial charge in [0.1, 0.15) is 5.75 Å². The monoisotopic (exact) mass is 441 g/mol. The summed E-state index contributed by atoms with van der Waals surface area (Å²) in [4.78, 5) is 15.5. The molecular formula is C25H31NO4S. The van der Waals surface area contributed by atoms with Gasteiger partial charge in [-0.05, 0) is 86.0 Å². The van der Waals surface area contributed by atoms with Gasteiger partial charge in [-0.15, -0.1) is 11.3 Å². The van der Waals surface area contributed by atoms with E-state index in [0.717, 1.165) is 42.9 Å². The summed E-state index contributed by atoms with van der Waals surface area (Å²) in [6.45, 7) is 2.78. The third-order valence-electron chi connectivity index (χ3n) is 7.68. The van der Waals surface area contributed by atoms with Crippen LogP contribution in [-0.4, -0.2) is 33.9 Å². The van der Waals surface area contributed by atoms with Gasteiger partial charge >= 0.3 is 5.97 Å². The fraction of sp³-hybridized carbons (Fsp3) is 0.600. The van der Waals surface area contributed by atoms with E-state index in [-0.39, 0.29) is 17.7 Å². The minimum atomic E-state index is -0.957.